The maximum absolute atomic E-state index is 3.16. The normalized spacial score (nSPS) is 12.5. The first-order chi connectivity index (χ1) is 9.65. The van der Waals surface area contributed by atoms with Crippen molar-refractivity contribution in [2.75, 3.05) is 0 Å². The summed E-state index contributed by atoms with van der Waals surface area (Å²) in [5, 5.41) is 0. The van der Waals surface area contributed by atoms with Gasteiger partial charge in [0.2, 0.25) is 0 Å². The van der Waals surface area contributed by atoms with Crippen LogP contribution in [0.5, 0.6) is 0 Å². The van der Waals surface area contributed by atoms with Gasteiger partial charge in [0.05, 0.1) is 0 Å². The second kappa shape index (κ2) is 11.5. The predicted octanol–water partition coefficient (Wildman–Crippen LogP) is 5.88. The molecule has 0 saturated carbocycles. The Kier molecular flexibility index (Phi) is 12.6. The van der Waals surface area contributed by atoms with Crippen molar-refractivity contribution in [1.82, 2.24) is 0 Å². The molecule has 1 radical (unpaired) electrons. The third-order valence-corrected chi connectivity index (χ3v) is 3.74. The van der Waals surface area contributed by atoms with Gasteiger partial charge in [0.15, 0.2) is 0 Å². The summed E-state index contributed by atoms with van der Waals surface area (Å²) in [5.41, 5.74) is 7.49. The first-order valence-corrected chi connectivity index (χ1v) is 10.2. The van der Waals surface area contributed by atoms with Crippen molar-refractivity contribution in [1.29, 1.82) is 0 Å². The monoisotopic (exact) mass is 391 g/mol. The number of hydrogen-bond acceptors (Lipinski definition) is 0. The molecule has 0 unspecified atom stereocenters. The molecule has 2 heteroatoms. The Bertz CT molecular complexity index is 462. The Balaban J connectivity index is 0. The molecule has 0 heterocycles. The summed E-state index contributed by atoms with van der Waals surface area (Å²) in [6, 6.07) is 2.24. The van der Waals surface area contributed by atoms with Gasteiger partial charge in [-0.2, -0.15) is 40.0 Å². The maximum atomic E-state index is 3.16. The fraction of sp³-hybridized carbons (Fsp3) is 0.550. The van der Waals surface area contributed by atoms with E-state index >= 15 is 0 Å². The van der Waals surface area contributed by atoms with Gasteiger partial charge < -0.3 is 0 Å². The second-order valence-electron chi connectivity index (χ2n) is 6.80. The quantitative estimate of drug-likeness (QED) is 0.382. The zero-order chi connectivity index (χ0) is 16.6. The van der Waals surface area contributed by atoms with E-state index in [-0.39, 0.29) is 26.2 Å². The van der Waals surface area contributed by atoms with E-state index in [1.54, 1.807) is 0 Å². The molecule has 2 rings (SSSR count). The number of rotatable bonds is 0. The third kappa shape index (κ3) is 8.53. The van der Waals surface area contributed by atoms with E-state index < -0.39 is 0 Å². The zero-order valence-electron chi connectivity index (χ0n) is 16.0. The Morgan fingerprint density at radius 1 is 1.14 bits per heavy atom. The molecule has 0 fully saturated rings. The van der Waals surface area contributed by atoms with Crippen LogP contribution in [0.3, 0.4) is 0 Å². The van der Waals surface area contributed by atoms with Crippen LogP contribution in [0.1, 0.15) is 49.4 Å². The van der Waals surface area contributed by atoms with Crippen molar-refractivity contribution in [3.8, 4) is 0 Å². The van der Waals surface area contributed by atoms with Crippen LogP contribution in [0.4, 0.5) is 0 Å². The number of aryl methyl sites for hydroxylation is 2. The van der Waals surface area contributed by atoms with Gasteiger partial charge in [-0.05, 0) is 0 Å². The molecule has 0 atom stereocenters. The van der Waals surface area contributed by atoms with Gasteiger partial charge in [0.25, 0.3) is 0 Å². The molecule has 1 aliphatic rings. The summed E-state index contributed by atoms with van der Waals surface area (Å²) in [6.45, 7) is 19.8. The van der Waals surface area contributed by atoms with Gasteiger partial charge in [-0.1, -0.05) is 67.0 Å². The van der Waals surface area contributed by atoms with E-state index in [0.29, 0.717) is 5.41 Å². The Hall–Kier alpha value is -0.0700. The van der Waals surface area contributed by atoms with Gasteiger partial charge in [0, 0.05) is 9.52 Å². The van der Waals surface area contributed by atoms with Crippen molar-refractivity contribution < 1.29 is 26.2 Å². The topological polar surface area (TPSA) is 0 Å². The molecule has 1 aromatic rings. The van der Waals surface area contributed by atoms with Crippen LogP contribution >= 0.6 is 0 Å². The molecule has 0 N–H and O–H groups in total. The van der Waals surface area contributed by atoms with Crippen LogP contribution in [0.25, 0.3) is 0 Å². The Labute approximate surface area is 160 Å². The van der Waals surface area contributed by atoms with E-state index in [1.807, 2.05) is 0 Å². The van der Waals surface area contributed by atoms with E-state index in [1.165, 1.54) is 27.8 Å². The largest absolute Gasteiger partial charge is 2.00 e. The second-order valence-corrected chi connectivity index (χ2v) is 7.95. The van der Waals surface area contributed by atoms with E-state index in [4.69, 9.17) is 0 Å². The molecule has 0 aromatic heterocycles. The van der Waals surface area contributed by atoms with Crippen molar-refractivity contribution >= 4 is 9.52 Å². The van der Waals surface area contributed by atoms with Crippen LogP contribution in [0.2, 0.25) is 13.1 Å². The number of allylic oxidation sites excluding steroid dienone is 4. The minimum absolute atomic E-state index is 0. The standard InChI is InChI=1S/2C9H13.C2H7Si.Zr/c1-6-5-7(2)9(4)8(6)3;1-9(2,3)8-6-4-5-7-8;1-3-2;/h5H,1-4H3;6-7H,4H2,1-3H3;3H,1-2H3;/q2*-1;;+2. The van der Waals surface area contributed by atoms with Crippen molar-refractivity contribution in [2.24, 2.45) is 5.41 Å². The van der Waals surface area contributed by atoms with Gasteiger partial charge in [-0.3, -0.25) is 6.08 Å². The maximum Gasteiger partial charge on any atom is 2.00 e. The first-order valence-electron chi connectivity index (χ1n) is 7.86. The van der Waals surface area contributed by atoms with Crippen LogP contribution < -0.4 is 0 Å². The average Bonchev–Trinajstić information content (AvgIpc) is 2.98. The molecule has 1 aromatic carbocycles. The van der Waals surface area contributed by atoms with Crippen molar-refractivity contribution in [3.63, 3.8) is 0 Å². The van der Waals surface area contributed by atoms with Gasteiger partial charge in [-0.25, -0.2) is 6.08 Å². The summed E-state index contributed by atoms with van der Waals surface area (Å²) in [4.78, 5) is 0. The molecular weight excluding hydrogens is 360 g/mol. The average molecular weight is 393 g/mol. The van der Waals surface area contributed by atoms with Crippen LogP contribution in [-0.4, -0.2) is 9.52 Å². The van der Waals surface area contributed by atoms with E-state index in [9.17, 15) is 0 Å². The molecule has 0 saturated heterocycles. The van der Waals surface area contributed by atoms with Crippen LogP contribution in [0.15, 0.2) is 23.8 Å². The fourth-order valence-electron chi connectivity index (χ4n) is 2.05. The first kappa shape index (κ1) is 24.2. The van der Waals surface area contributed by atoms with E-state index in [0.717, 1.165) is 15.9 Å². The Morgan fingerprint density at radius 2 is 1.64 bits per heavy atom. The summed E-state index contributed by atoms with van der Waals surface area (Å²) in [5.74, 6) is 0. The predicted molar refractivity (Wildman–Crippen MR) is 99.8 cm³/mol. The van der Waals surface area contributed by atoms with Crippen molar-refractivity contribution in [2.45, 2.75) is 68.0 Å². The molecule has 121 valence electrons. The molecule has 0 nitrogen and oxygen atoms in total. The van der Waals surface area contributed by atoms with Crippen LogP contribution in [-0.2, 0) is 26.2 Å². The van der Waals surface area contributed by atoms with E-state index in [2.05, 4.69) is 85.9 Å². The smallest absolute Gasteiger partial charge is 0.273 e. The molecule has 0 aliphatic heterocycles. The number of hydrogen-bond donors (Lipinski definition) is 0. The summed E-state index contributed by atoms with van der Waals surface area (Å²) in [7, 11) is 0.750. The Morgan fingerprint density at radius 3 is 1.77 bits per heavy atom. The van der Waals surface area contributed by atoms with Gasteiger partial charge >= 0.3 is 26.2 Å². The summed E-state index contributed by atoms with van der Waals surface area (Å²) in [6.07, 6.45) is 8.50. The summed E-state index contributed by atoms with van der Waals surface area (Å²) < 4.78 is 0. The molecular formula is C20H33SiZr. The third-order valence-electron chi connectivity index (χ3n) is 3.74. The SMILES string of the molecule is CC(C)(C)C1=CC[C-]=C1.C[SiH]C.Cc1c[c-](C)c(C)c1C.[Zr+2]. The fourth-order valence-corrected chi connectivity index (χ4v) is 2.05. The minimum Gasteiger partial charge on any atom is -0.273 e. The zero-order valence-corrected chi connectivity index (χ0v) is 19.6. The van der Waals surface area contributed by atoms with Gasteiger partial charge in [-0.15, -0.1) is 6.42 Å². The molecule has 0 bridgehead atoms. The summed E-state index contributed by atoms with van der Waals surface area (Å²) >= 11 is 0. The van der Waals surface area contributed by atoms with Gasteiger partial charge in [0.1, 0.15) is 0 Å². The molecule has 22 heavy (non-hydrogen) atoms. The van der Waals surface area contributed by atoms with Crippen LogP contribution in [0, 0.1) is 39.2 Å². The molecule has 1 aliphatic carbocycles. The minimum atomic E-state index is 0. The molecule has 0 amide bonds. The van der Waals surface area contributed by atoms with Crippen molar-refractivity contribution in [3.05, 3.63) is 52.1 Å². The molecule has 0 spiro atoms.